The zero-order chi connectivity index (χ0) is 18.7. The van der Waals surface area contributed by atoms with Crippen molar-refractivity contribution in [3.63, 3.8) is 0 Å². The number of thiophene rings is 1. The fourth-order valence-corrected chi connectivity index (χ4v) is 3.52. The molecule has 2 aromatic heterocycles. The third kappa shape index (κ3) is 3.70. The molecule has 0 unspecified atom stereocenters. The van der Waals surface area contributed by atoms with Crippen molar-refractivity contribution in [2.24, 2.45) is 0 Å². The standard InChI is InChI=1S/C20H20N2O3S/c1-4-22(15-12-13(2)7-8-14(15)3)20(24)17-9-10-18(26-17)21-19(23)16-6-5-11-25-16/h5-12H,4H2,1-3H3,(H,21,23). The van der Waals surface area contributed by atoms with Crippen LogP contribution < -0.4 is 10.2 Å². The lowest BCUT2D eigenvalue weighted by molar-refractivity contribution is 0.0986. The average Bonchev–Trinajstić information content (AvgIpc) is 3.30. The Labute approximate surface area is 156 Å². The van der Waals surface area contributed by atoms with Gasteiger partial charge in [0.15, 0.2) is 5.76 Å². The summed E-state index contributed by atoms with van der Waals surface area (Å²) in [6.45, 7) is 6.52. The molecule has 0 aliphatic heterocycles. The summed E-state index contributed by atoms with van der Waals surface area (Å²) in [5.41, 5.74) is 3.07. The summed E-state index contributed by atoms with van der Waals surface area (Å²) in [5.74, 6) is -0.181. The Hall–Kier alpha value is -2.86. The molecule has 2 amide bonds. The van der Waals surface area contributed by atoms with Gasteiger partial charge in [-0.1, -0.05) is 12.1 Å². The van der Waals surface area contributed by atoms with Gasteiger partial charge in [0.1, 0.15) is 0 Å². The number of rotatable bonds is 5. The summed E-state index contributed by atoms with van der Waals surface area (Å²) < 4.78 is 5.08. The summed E-state index contributed by atoms with van der Waals surface area (Å²) in [6, 6.07) is 12.8. The number of carbonyl (C=O) groups excluding carboxylic acids is 2. The van der Waals surface area contributed by atoms with Gasteiger partial charge in [0, 0.05) is 12.2 Å². The molecule has 0 saturated carbocycles. The third-order valence-corrected chi connectivity index (χ3v) is 5.00. The minimum Gasteiger partial charge on any atom is -0.459 e. The first-order valence-electron chi connectivity index (χ1n) is 8.33. The lowest BCUT2D eigenvalue weighted by Gasteiger charge is -2.22. The smallest absolute Gasteiger partial charge is 0.291 e. The van der Waals surface area contributed by atoms with Crippen LogP contribution in [-0.2, 0) is 0 Å². The third-order valence-electron chi connectivity index (χ3n) is 4.02. The normalized spacial score (nSPS) is 10.6. The predicted octanol–water partition coefficient (Wildman–Crippen LogP) is 4.88. The van der Waals surface area contributed by atoms with Crippen LogP contribution in [0, 0.1) is 13.8 Å². The number of nitrogens with one attached hydrogen (secondary N) is 1. The van der Waals surface area contributed by atoms with Crippen molar-refractivity contribution in [2.45, 2.75) is 20.8 Å². The predicted molar refractivity (Wildman–Crippen MR) is 104 cm³/mol. The summed E-state index contributed by atoms with van der Waals surface area (Å²) in [5, 5.41) is 3.36. The molecule has 5 nitrogen and oxygen atoms in total. The van der Waals surface area contributed by atoms with Gasteiger partial charge in [0.2, 0.25) is 0 Å². The maximum atomic E-state index is 13.0. The van der Waals surface area contributed by atoms with Gasteiger partial charge in [-0.3, -0.25) is 9.59 Å². The minimum atomic E-state index is -0.335. The van der Waals surface area contributed by atoms with Crippen molar-refractivity contribution in [3.05, 3.63) is 70.5 Å². The minimum absolute atomic E-state index is 0.0790. The van der Waals surface area contributed by atoms with Crippen LogP contribution in [-0.4, -0.2) is 18.4 Å². The number of furan rings is 1. The van der Waals surface area contributed by atoms with E-state index in [1.54, 1.807) is 29.2 Å². The van der Waals surface area contributed by atoms with E-state index in [4.69, 9.17) is 4.42 Å². The van der Waals surface area contributed by atoms with E-state index in [-0.39, 0.29) is 17.6 Å². The molecule has 0 aliphatic carbocycles. The summed E-state index contributed by atoms with van der Waals surface area (Å²) in [6.07, 6.45) is 1.45. The highest BCUT2D eigenvalue weighted by Gasteiger charge is 2.20. The van der Waals surface area contributed by atoms with Crippen molar-refractivity contribution in [1.29, 1.82) is 0 Å². The van der Waals surface area contributed by atoms with Crippen LogP contribution >= 0.6 is 11.3 Å². The second kappa shape index (κ2) is 7.58. The second-order valence-corrected chi connectivity index (χ2v) is 7.02. The van der Waals surface area contributed by atoms with Gasteiger partial charge < -0.3 is 14.6 Å². The molecule has 3 aromatic rings. The Morgan fingerprint density at radius 3 is 2.65 bits per heavy atom. The first-order chi connectivity index (χ1) is 12.5. The molecule has 0 aliphatic rings. The zero-order valence-electron chi connectivity index (χ0n) is 14.9. The van der Waals surface area contributed by atoms with E-state index in [0.29, 0.717) is 16.4 Å². The van der Waals surface area contributed by atoms with E-state index in [9.17, 15) is 9.59 Å². The second-order valence-electron chi connectivity index (χ2n) is 5.93. The first-order valence-corrected chi connectivity index (χ1v) is 9.15. The Bertz CT molecular complexity index is 928. The number of carbonyl (C=O) groups is 2. The highest BCUT2D eigenvalue weighted by Crippen LogP contribution is 2.28. The number of hydrogen-bond acceptors (Lipinski definition) is 4. The topological polar surface area (TPSA) is 62.6 Å². The molecule has 0 atom stereocenters. The summed E-state index contributed by atoms with van der Waals surface area (Å²) in [7, 11) is 0. The summed E-state index contributed by atoms with van der Waals surface area (Å²) >= 11 is 1.25. The number of benzene rings is 1. The Morgan fingerprint density at radius 1 is 1.15 bits per heavy atom. The van der Waals surface area contributed by atoms with E-state index in [1.165, 1.54) is 17.6 Å². The summed E-state index contributed by atoms with van der Waals surface area (Å²) in [4.78, 5) is 27.4. The molecular formula is C20H20N2O3S. The van der Waals surface area contributed by atoms with Crippen LogP contribution in [0.3, 0.4) is 0 Å². The Balaban J connectivity index is 1.80. The lowest BCUT2D eigenvalue weighted by atomic mass is 10.1. The van der Waals surface area contributed by atoms with Gasteiger partial charge >= 0.3 is 0 Å². The van der Waals surface area contributed by atoms with Crippen LogP contribution in [0.25, 0.3) is 0 Å². The fraction of sp³-hybridized carbons (Fsp3) is 0.200. The van der Waals surface area contributed by atoms with Gasteiger partial charge in [0.25, 0.3) is 11.8 Å². The number of hydrogen-bond donors (Lipinski definition) is 1. The average molecular weight is 368 g/mol. The Kier molecular flexibility index (Phi) is 5.23. The Morgan fingerprint density at radius 2 is 1.96 bits per heavy atom. The molecular weight excluding hydrogens is 348 g/mol. The maximum Gasteiger partial charge on any atom is 0.291 e. The number of anilines is 2. The van der Waals surface area contributed by atoms with Gasteiger partial charge in [-0.05, 0) is 62.2 Å². The lowest BCUT2D eigenvalue weighted by Crippen LogP contribution is -2.30. The number of amides is 2. The zero-order valence-corrected chi connectivity index (χ0v) is 15.7. The fourth-order valence-electron chi connectivity index (χ4n) is 2.67. The van der Waals surface area contributed by atoms with Gasteiger partial charge in [-0.15, -0.1) is 11.3 Å². The quantitative estimate of drug-likeness (QED) is 0.698. The van der Waals surface area contributed by atoms with Crippen molar-refractivity contribution in [3.8, 4) is 0 Å². The SMILES string of the molecule is CCN(C(=O)c1ccc(NC(=O)c2ccco2)s1)c1cc(C)ccc1C. The highest BCUT2D eigenvalue weighted by molar-refractivity contribution is 7.18. The van der Waals surface area contributed by atoms with Crippen LogP contribution in [0.15, 0.2) is 53.1 Å². The van der Waals surface area contributed by atoms with E-state index < -0.39 is 0 Å². The molecule has 26 heavy (non-hydrogen) atoms. The van der Waals surface area contributed by atoms with Gasteiger partial charge in [-0.25, -0.2) is 0 Å². The number of aryl methyl sites for hydroxylation is 2. The van der Waals surface area contributed by atoms with Gasteiger partial charge in [0.05, 0.1) is 16.1 Å². The molecule has 0 fully saturated rings. The molecule has 0 radical (unpaired) electrons. The van der Waals surface area contributed by atoms with Crippen LogP contribution in [0.1, 0.15) is 38.3 Å². The van der Waals surface area contributed by atoms with Crippen molar-refractivity contribution < 1.29 is 14.0 Å². The monoisotopic (exact) mass is 368 g/mol. The maximum absolute atomic E-state index is 13.0. The molecule has 0 bridgehead atoms. The molecule has 6 heteroatoms. The van der Waals surface area contributed by atoms with Gasteiger partial charge in [-0.2, -0.15) is 0 Å². The molecule has 0 saturated heterocycles. The van der Waals surface area contributed by atoms with E-state index in [1.807, 2.05) is 39.0 Å². The van der Waals surface area contributed by atoms with Crippen LogP contribution in [0.4, 0.5) is 10.7 Å². The van der Waals surface area contributed by atoms with E-state index >= 15 is 0 Å². The largest absolute Gasteiger partial charge is 0.459 e. The molecule has 134 valence electrons. The van der Waals surface area contributed by atoms with Crippen molar-refractivity contribution >= 4 is 33.8 Å². The number of nitrogens with zero attached hydrogens (tertiary/aromatic N) is 1. The van der Waals surface area contributed by atoms with E-state index in [2.05, 4.69) is 5.32 Å². The van der Waals surface area contributed by atoms with Crippen molar-refractivity contribution in [1.82, 2.24) is 0 Å². The molecule has 1 aromatic carbocycles. The molecule has 0 spiro atoms. The highest BCUT2D eigenvalue weighted by atomic mass is 32.1. The van der Waals surface area contributed by atoms with Crippen LogP contribution in [0.5, 0.6) is 0 Å². The molecule has 1 N–H and O–H groups in total. The van der Waals surface area contributed by atoms with Crippen molar-refractivity contribution in [2.75, 3.05) is 16.8 Å². The van der Waals surface area contributed by atoms with Crippen LogP contribution in [0.2, 0.25) is 0 Å². The van der Waals surface area contributed by atoms with E-state index in [0.717, 1.165) is 16.8 Å². The molecule has 2 heterocycles. The molecule has 3 rings (SSSR count). The first kappa shape index (κ1) is 17.9.